The number of hydrogen-bond acceptors (Lipinski definition) is 5. The highest BCUT2D eigenvalue weighted by Crippen LogP contribution is 2.41. The first-order valence-corrected chi connectivity index (χ1v) is 9.32. The maximum atomic E-state index is 5.67. The Morgan fingerprint density at radius 2 is 1.79 bits per heavy atom. The SMILES string of the molecule is COc1ccc(CN2Cc3[nH]cnc3C(c3ccccc3)C2)c(OC)c1OC. The number of rotatable bonds is 6. The number of fused-ring (bicyclic) bond motifs is 1. The lowest BCUT2D eigenvalue weighted by Crippen LogP contribution is -2.34. The third-order valence-corrected chi connectivity index (χ3v) is 5.29. The van der Waals surface area contributed by atoms with Crippen LogP contribution in [0.25, 0.3) is 0 Å². The largest absolute Gasteiger partial charge is 0.493 e. The number of ether oxygens (including phenoxy) is 3. The van der Waals surface area contributed by atoms with Crippen molar-refractivity contribution in [3.63, 3.8) is 0 Å². The summed E-state index contributed by atoms with van der Waals surface area (Å²) >= 11 is 0. The minimum atomic E-state index is 0.238. The van der Waals surface area contributed by atoms with Gasteiger partial charge in [0.25, 0.3) is 0 Å². The van der Waals surface area contributed by atoms with Gasteiger partial charge in [-0.15, -0.1) is 0 Å². The van der Waals surface area contributed by atoms with Crippen LogP contribution in [0.15, 0.2) is 48.8 Å². The minimum absolute atomic E-state index is 0.238. The number of imidazole rings is 1. The lowest BCUT2D eigenvalue weighted by atomic mass is 9.90. The second-order valence-electron chi connectivity index (χ2n) is 6.89. The number of nitrogens with zero attached hydrogens (tertiary/aromatic N) is 2. The average Bonchev–Trinajstić information content (AvgIpc) is 3.22. The van der Waals surface area contributed by atoms with Crippen LogP contribution in [-0.4, -0.2) is 42.7 Å². The molecule has 1 aromatic heterocycles. The number of nitrogens with one attached hydrogen (secondary N) is 1. The maximum Gasteiger partial charge on any atom is 0.203 e. The van der Waals surface area contributed by atoms with Crippen molar-refractivity contribution in [1.82, 2.24) is 14.9 Å². The smallest absolute Gasteiger partial charge is 0.203 e. The summed E-state index contributed by atoms with van der Waals surface area (Å²) in [6.45, 7) is 2.45. The van der Waals surface area contributed by atoms with Crippen molar-refractivity contribution in [3.05, 3.63) is 71.3 Å². The van der Waals surface area contributed by atoms with Crippen molar-refractivity contribution >= 4 is 0 Å². The molecule has 1 unspecified atom stereocenters. The molecule has 0 radical (unpaired) electrons. The van der Waals surface area contributed by atoms with Crippen LogP contribution in [0.1, 0.15) is 28.4 Å². The van der Waals surface area contributed by atoms with Gasteiger partial charge >= 0.3 is 0 Å². The van der Waals surface area contributed by atoms with E-state index in [-0.39, 0.29) is 5.92 Å². The van der Waals surface area contributed by atoms with Gasteiger partial charge in [0, 0.05) is 31.1 Å². The Morgan fingerprint density at radius 1 is 1.00 bits per heavy atom. The van der Waals surface area contributed by atoms with E-state index in [1.54, 1.807) is 27.7 Å². The summed E-state index contributed by atoms with van der Waals surface area (Å²) in [7, 11) is 4.93. The quantitative estimate of drug-likeness (QED) is 0.709. The van der Waals surface area contributed by atoms with Crippen molar-refractivity contribution in [2.75, 3.05) is 27.9 Å². The van der Waals surface area contributed by atoms with Crippen LogP contribution in [0.5, 0.6) is 17.2 Å². The van der Waals surface area contributed by atoms with E-state index in [1.807, 2.05) is 18.2 Å². The highest BCUT2D eigenvalue weighted by molar-refractivity contribution is 5.55. The van der Waals surface area contributed by atoms with Gasteiger partial charge in [-0.25, -0.2) is 4.98 Å². The summed E-state index contributed by atoms with van der Waals surface area (Å²) in [5, 5.41) is 0. The number of aromatic nitrogens is 2. The Morgan fingerprint density at radius 3 is 2.50 bits per heavy atom. The molecule has 0 saturated carbocycles. The first kappa shape index (κ1) is 18.4. The summed E-state index contributed by atoms with van der Waals surface area (Å²) in [4.78, 5) is 10.3. The molecular formula is C22H25N3O3. The van der Waals surface area contributed by atoms with Gasteiger partial charge in [-0.3, -0.25) is 4.90 Å². The minimum Gasteiger partial charge on any atom is -0.493 e. The number of H-pyrrole nitrogens is 1. The molecule has 2 heterocycles. The molecule has 0 saturated heterocycles. The van der Waals surface area contributed by atoms with E-state index in [1.165, 1.54) is 11.3 Å². The average molecular weight is 379 g/mol. The predicted molar refractivity (Wildman–Crippen MR) is 107 cm³/mol. The standard InChI is InChI=1S/C22H25N3O3/c1-26-19-10-9-16(21(27-2)22(19)28-3)11-25-12-17(15-7-5-4-6-8-15)20-18(13-25)23-14-24-20/h4-10,14,17H,11-13H2,1-3H3,(H,23,24). The molecular weight excluding hydrogens is 354 g/mol. The molecule has 1 aliphatic rings. The zero-order valence-corrected chi connectivity index (χ0v) is 16.4. The van der Waals surface area contributed by atoms with E-state index >= 15 is 0 Å². The lowest BCUT2D eigenvalue weighted by molar-refractivity contribution is 0.223. The van der Waals surface area contributed by atoms with Crippen LogP contribution in [0, 0.1) is 0 Å². The van der Waals surface area contributed by atoms with Crippen molar-refractivity contribution in [2.24, 2.45) is 0 Å². The first-order chi connectivity index (χ1) is 13.7. The third-order valence-electron chi connectivity index (χ3n) is 5.29. The number of hydrogen-bond donors (Lipinski definition) is 1. The summed E-state index contributed by atoms with van der Waals surface area (Å²) < 4.78 is 16.6. The van der Waals surface area contributed by atoms with E-state index in [0.717, 1.165) is 30.9 Å². The molecule has 1 aliphatic heterocycles. The van der Waals surface area contributed by atoms with Gasteiger partial charge in [-0.2, -0.15) is 0 Å². The molecule has 3 aromatic rings. The molecule has 6 nitrogen and oxygen atoms in total. The summed E-state index contributed by atoms with van der Waals surface area (Å²) in [5.74, 6) is 2.25. The van der Waals surface area contributed by atoms with E-state index in [2.05, 4.69) is 39.1 Å². The lowest BCUT2D eigenvalue weighted by Gasteiger charge is -2.32. The highest BCUT2D eigenvalue weighted by Gasteiger charge is 2.29. The summed E-state index contributed by atoms with van der Waals surface area (Å²) in [5.41, 5.74) is 4.65. The maximum absolute atomic E-state index is 5.67. The van der Waals surface area contributed by atoms with E-state index < -0.39 is 0 Å². The van der Waals surface area contributed by atoms with Crippen LogP contribution < -0.4 is 14.2 Å². The van der Waals surface area contributed by atoms with Crippen molar-refractivity contribution in [2.45, 2.75) is 19.0 Å². The van der Waals surface area contributed by atoms with Crippen LogP contribution in [0.2, 0.25) is 0 Å². The number of methoxy groups -OCH3 is 3. The molecule has 0 spiro atoms. The van der Waals surface area contributed by atoms with Gasteiger partial charge in [-0.05, 0) is 11.6 Å². The second kappa shape index (κ2) is 7.94. The van der Waals surface area contributed by atoms with Crippen molar-refractivity contribution in [1.29, 1.82) is 0 Å². The highest BCUT2D eigenvalue weighted by atomic mass is 16.5. The predicted octanol–water partition coefficient (Wildman–Crippen LogP) is 3.58. The molecule has 1 atom stereocenters. The molecule has 0 bridgehead atoms. The fourth-order valence-electron chi connectivity index (χ4n) is 3.99. The van der Waals surface area contributed by atoms with Gasteiger partial charge in [0.1, 0.15) is 0 Å². The molecule has 146 valence electrons. The first-order valence-electron chi connectivity index (χ1n) is 9.32. The molecule has 28 heavy (non-hydrogen) atoms. The third kappa shape index (κ3) is 3.31. The Balaban J connectivity index is 1.65. The summed E-state index contributed by atoms with van der Waals surface area (Å²) in [6.07, 6.45) is 1.79. The molecule has 4 rings (SSSR count). The van der Waals surface area contributed by atoms with Crippen molar-refractivity contribution < 1.29 is 14.2 Å². The van der Waals surface area contributed by atoms with E-state index in [9.17, 15) is 0 Å². The molecule has 0 fully saturated rings. The Kier molecular flexibility index (Phi) is 5.21. The summed E-state index contributed by atoms with van der Waals surface area (Å²) in [6, 6.07) is 14.5. The Hall–Kier alpha value is -2.99. The van der Waals surface area contributed by atoms with Gasteiger partial charge in [-0.1, -0.05) is 36.4 Å². The zero-order chi connectivity index (χ0) is 19.5. The van der Waals surface area contributed by atoms with Gasteiger partial charge in [0.2, 0.25) is 5.75 Å². The van der Waals surface area contributed by atoms with Crippen molar-refractivity contribution in [3.8, 4) is 17.2 Å². The normalized spacial score (nSPS) is 16.5. The topological polar surface area (TPSA) is 59.6 Å². The van der Waals surface area contributed by atoms with Gasteiger partial charge in [0.05, 0.1) is 39.0 Å². The molecule has 0 aliphatic carbocycles. The zero-order valence-electron chi connectivity index (χ0n) is 16.4. The number of benzene rings is 2. The molecule has 2 aromatic carbocycles. The van der Waals surface area contributed by atoms with Crippen LogP contribution in [0.4, 0.5) is 0 Å². The Labute approximate surface area is 165 Å². The van der Waals surface area contributed by atoms with Crippen LogP contribution in [-0.2, 0) is 13.1 Å². The molecule has 6 heteroatoms. The van der Waals surface area contributed by atoms with Gasteiger partial charge in [0.15, 0.2) is 11.5 Å². The molecule has 0 amide bonds. The number of aromatic amines is 1. The van der Waals surface area contributed by atoms with Crippen LogP contribution in [0.3, 0.4) is 0 Å². The van der Waals surface area contributed by atoms with Gasteiger partial charge < -0.3 is 19.2 Å². The van der Waals surface area contributed by atoms with E-state index in [4.69, 9.17) is 14.2 Å². The van der Waals surface area contributed by atoms with Crippen LogP contribution >= 0.6 is 0 Å². The fraction of sp³-hybridized carbons (Fsp3) is 0.318. The monoisotopic (exact) mass is 379 g/mol. The Bertz CT molecular complexity index is 939. The second-order valence-corrected chi connectivity index (χ2v) is 6.89. The molecule has 1 N–H and O–H groups in total. The van der Waals surface area contributed by atoms with E-state index in [0.29, 0.717) is 17.2 Å². The fourth-order valence-corrected chi connectivity index (χ4v) is 3.99.